The normalized spacial score (nSPS) is 22.4. The van der Waals surface area contributed by atoms with Crippen molar-refractivity contribution in [2.75, 3.05) is 11.9 Å². The number of halogens is 1. The minimum absolute atomic E-state index is 0.544. The molecule has 1 heterocycles. The van der Waals surface area contributed by atoms with E-state index in [2.05, 4.69) is 39.4 Å². The standard InChI is InChI=1S/C12H14BrN/c13-9-2-3-11-10(8-9)12(5-6-12)4-1-7-14-11/h2-3,8,14H,1,4-7H2. The van der Waals surface area contributed by atoms with E-state index in [9.17, 15) is 0 Å². The quantitative estimate of drug-likeness (QED) is 0.742. The summed E-state index contributed by atoms with van der Waals surface area (Å²) in [6, 6.07) is 6.65. The third kappa shape index (κ3) is 1.28. The van der Waals surface area contributed by atoms with Gasteiger partial charge in [0.25, 0.3) is 0 Å². The van der Waals surface area contributed by atoms with Gasteiger partial charge in [0.1, 0.15) is 0 Å². The summed E-state index contributed by atoms with van der Waals surface area (Å²) in [5.41, 5.74) is 3.45. The molecule has 1 aromatic carbocycles. The summed E-state index contributed by atoms with van der Waals surface area (Å²) in [4.78, 5) is 0. The van der Waals surface area contributed by atoms with Crippen LogP contribution in [0.4, 0.5) is 5.69 Å². The second-order valence-corrected chi connectivity index (χ2v) is 5.42. The minimum Gasteiger partial charge on any atom is -0.385 e. The molecule has 2 heteroatoms. The summed E-state index contributed by atoms with van der Waals surface area (Å²) >= 11 is 3.57. The highest BCUT2D eigenvalue weighted by atomic mass is 79.9. The van der Waals surface area contributed by atoms with Gasteiger partial charge in [0.2, 0.25) is 0 Å². The van der Waals surface area contributed by atoms with E-state index in [1.54, 1.807) is 5.56 Å². The molecule has 0 radical (unpaired) electrons. The summed E-state index contributed by atoms with van der Waals surface area (Å²) < 4.78 is 1.21. The predicted molar refractivity (Wildman–Crippen MR) is 62.8 cm³/mol. The highest BCUT2D eigenvalue weighted by Gasteiger charge is 2.45. The SMILES string of the molecule is Brc1ccc2c(c1)C1(CCCN2)CC1. The predicted octanol–water partition coefficient (Wildman–Crippen LogP) is 3.69. The second-order valence-electron chi connectivity index (χ2n) is 4.50. The van der Waals surface area contributed by atoms with Crippen LogP contribution in [-0.2, 0) is 5.41 Å². The Hall–Kier alpha value is -0.500. The minimum atomic E-state index is 0.544. The first-order valence-electron chi connectivity index (χ1n) is 5.34. The second kappa shape index (κ2) is 2.99. The molecule has 1 spiro atoms. The average molecular weight is 252 g/mol. The van der Waals surface area contributed by atoms with E-state index in [0.717, 1.165) is 6.54 Å². The first kappa shape index (κ1) is 8.78. The van der Waals surface area contributed by atoms with Crippen molar-refractivity contribution in [3.05, 3.63) is 28.2 Å². The maximum Gasteiger partial charge on any atom is 0.0379 e. The lowest BCUT2D eigenvalue weighted by atomic mass is 9.91. The lowest BCUT2D eigenvalue weighted by molar-refractivity contribution is 0.611. The van der Waals surface area contributed by atoms with E-state index in [1.165, 1.54) is 35.8 Å². The molecule has 1 saturated carbocycles. The van der Waals surface area contributed by atoms with Gasteiger partial charge >= 0.3 is 0 Å². The molecular formula is C12H14BrN. The highest BCUT2D eigenvalue weighted by molar-refractivity contribution is 9.10. The van der Waals surface area contributed by atoms with Gasteiger partial charge in [-0.05, 0) is 54.9 Å². The number of nitrogens with one attached hydrogen (secondary N) is 1. The lowest BCUT2D eigenvalue weighted by Crippen LogP contribution is -2.05. The van der Waals surface area contributed by atoms with Crippen LogP contribution in [0.1, 0.15) is 31.2 Å². The molecular weight excluding hydrogens is 238 g/mol. The highest BCUT2D eigenvalue weighted by Crippen LogP contribution is 2.55. The Morgan fingerprint density at radius 3 is 2.86 bits per heavy atom. The Kier molecular flexibility index (Phi) is 1.88. The van der Waals surface area contributed by atoms with Gasteiger partial charge in [-0.3, -0.25) is 0 Å². The van der Waals surface area contributed by atoms with Crippen molar-refractivity contribution in [3.8, 4) is 0 Å². The topological polar surface area (TPSA) is 12.0 Å². The summed E-state index contributed by atoms with van der Waals surface area (Å²) in [6.45, 7) is 1.14. The molecule has 1 fully saturated rings. The molecule has 0 saturated heterocycles. The number of benzene rings is 1. The zero-order valence-electron chi connectivity index (χ0n) is 8.15. The molecule has 1 aliphatic heterocycles. The van der Waals surface area contributed by atoms with Gasteiger partial charge in [-0.25, -0.2) is 0 Å². The number of anilines is 1. The van der Waals surface area contributed by atoms with Crippen LogP contribution in [0.5, 0.6) is 0 Å². The maximum absolute atomic E-state index is 3.57. The zero-order chi connectivity index (χ0) is 9.60. The third-order valence-electron chi connectivity index (χ3n) is 3.55. The number of rotatable bonds is 0. The van der Waals surface area contributed by atoms with Crippen LogP contribution in [0.3, 0.4) is 0 Å². The first-order valence-corrected chi connectivity index (χ1v) is 6.13. The molecule has 0 amide bonds. The molecule has 0 aromatic heterocycles. The summed E-state index contributed by atoms with van der Waals surface area (Å²) in [7, 11) is 0. The molecule has 3 rings (SSSR count). The number of hydrogen-bond acceptors (Lipinski definition) is 1. The van der Waals surface area contributed by atoms with Gasteiger partial charge in [0.15, 0.2) is 0 Å². The van der Waals surface area contributed by atoms with Crippen molar-refractivity contribution in [2.24, 2.45) is 0 Å². The molecule has 2 aliphatic rings. The van der Waals surface area contributed by atoms with E-state index in [-0.39, 0.29) is 0 Å². The molecule has 0 atom stereocenters. The fourth-order valence-electron chi connectivity index (χ4n) is 2.56. The van der Waals surface area contributed by atoms with Crippen molar-refractivity contribution in [1.29, 1.82) is 0 Å². The summed E-state index contributed by atoms with van der Waals surface area (Å²) in [6.07, 6.45) is 5.45. The van der Waals surface area contributed by atoms with Gasteiger partial charge < -0.3 is 5.32 Å². The molecule has 1 aliphatic carbocycles. The van der Waals surface area contributed by atoms with Gasteiger partial charge in [0, 0.05) is 16.7 Å². The Morgan fingerprint density at radius 1 is 1.21 bits per heavy atom. The van der Waals surface area contributed by atoms with Crippen LogP contribution in [0.25, 0.3) is 0 Å². The molecule has 0 bridgehead atoms. The lowest BCUT2D eigenvalue weighted by Gasteiger charge is -2.15. The van der Waals surface area contributed by atoms with Gasteiger partial charge in [-0.1, -0.05) is 15.9 Å². The Balaban J connectivity index is 2.13. The number of fused-ring (bicyclic) bond motifs is 2. The molecule has 14 heavy (non-hydrogen) atoms. The van der Waals surface area contributed by atoms with Gasteiger partial charge in [-0.15, -0.1) is 0 Å². The fourth-order valence-corrected chi connectivity index (χ4v) is 2.93. The van der Waals surface area contributed by atoms with E-state index in [1.807, 2.05) is 0 Å². The molecule has 0 unspecified atom stereocenters. The first-order chi connectivity index (χ1) is 6.80. The smallest absolute Gasteiger partial charge is 0.0379 e. The van der Waals surface area contributed by atoms with Crippen LogP contribution in [0, 0.1) is 0 Å². The molecule has 1 aromatic rings. The van der Waals surface area contributed by atoms with Crippen LogP contribution < -0.4 is 5.32 Å². The zero-order valence-corrected chi connectivity index (χ0v) is 9.73. The van der Waals surface area contributed by atoms with Crippen molar-refractivity contribution in [2.45, 2.75) is 31.1 Å². The van der Waals surface area contributed by atoms with Gasteiger partial charge in [0.05, 0.1) is 0 Å². The number of hydrogen-bond donors (Lipinski definition) is 1. The monoisotopic (exact) mass is 251 g/mol. The Labute approximate surface area is 93.0 Å². The van der Waals surface area contributed by atoms with Crippen molar-refractivity contribution in [3.63, 3.8) is 0 Å². The van der Waals surface area contributed by atoms with Crippen LogP contribution in [-0.4, -0.2) is 6.54 Å². The van der Waals surface area contributed by atoms with E-state index in [4.69, 9.17) is 0 Å². The Bertz CT molecular complexity index is 369. The summed E-state index contributed by atoms with van der Waals surface area (Å²) in [5.74, 6) is 0. The third-order valence-corrected chi connectivity index (χ3v) is 4.05. The van der Waals surface area contributed by atoms with Crippen molar-refractivity contribution < 1.29 is 0 Å². The molecule has 1 nitrogen and oxygen atoms in total. The van der Waals surface area contributed by atoms with E-state index >= 15 is 0 Å². The van der Waals surface area contributed by atoms with Crippen molar-refractivity contribution in [1.82, 2.24) is 0 Å². The van der Waals surface area contributed by atoms with Crippen molar-refractivity contribution >= 4 is 21.6 Å². The summed E-state index contributed by atoms with van der Waals surface area (Å²) in [5, 5.41) is 3.53. The van der Waals surface area contributed by atoms with E-state index in [0.29, 0.717) is 5.41 Å². The maximum atomic E-state index is 3.57. The van der Waals surface area contributed by atoms with Crippen LogP contribution >= 0.6 is 15.9 Å². The fraction of sp³-hybridized carbons (Fsp3) is 0.500. The van der Waals surface area contributed by atoms with E-state index < -0.39 is 0 Å². The largest absolute Gasteiger partial charge is 0.385 e. The van der Waals surface area contributed by atoms with Gasteiger partial charge in [-0.2, -0.15) is 0 Å². The van der Waals surface area contributed by atoms with Crippen LogP contribution in [0.15, 0.2) is 22.7 Å². The molecule has 74 valence electrons. The average Bonchev–Trinajstić information content (AvgIpc) is 2.97. The Morgan fingerprint density at radius 2 is 2.07 bits per heavy atom. The van der Waals surface area contributed by atoms with Crippen LogP contribution in [0.2, 0.25) is 0 Å². The molecule has 1 N–H and O–H groups in total.